The minimum Gasteiger partial charge on any atom is -0.305 e. The summed E-state index contributed by atoms with van der Waals surface area (Å²) in [4.78, 5) is 0. The van der Waals surface area contributed by atoms with Gasteiger partial charge in [-0.1, -0.05) is 42.5 Å². The normalized spacial score (nSPS) is 16.9. The van der Waals surface area contributed by atoms with Crippen LogP contribution >= 0.6 is 0 Å². The van der Waals surface area contributed by atoms with Crippen molar-refractivity contribution in [1.29, 1.82) is 5.26 Å². The molecule has 94 valence electrons. The van der Waals surface area contributed by atoms with Crippen LogP contribution in [0.15, 0.2) is 42.5 Å². The topological polar surface area (TPSA) is 35.8 Å². The maximum absolute atomic E-state index is 9.05. The lowest BCUT2D eigenvalue weighted by molar-refractivity contribution is 0.547. The number of hydrogen-bond acceptors (Lipinski definition) is 2. The van der Waals surface area contributed by atoms with Gasteiger partial charge in [-0.25, -0.2) is 0 Å². The maximum Gasteiger partial charge on any atom is 0.0641 e. The molecular weight excluding hydrogens is 232 g/mol. The zero-order valence-corrected chi connectivity index (χ0v) is 11.0. The molecule has 0 spiro atoms. The Labute approximate surface area is 113 Å². The molecular formula is C17H16N2. The predicted octanol–water partition coefficient (Wildman–Crippen LogP) is 3.72. The van der Waals surface area contributed by atoms with Crippen molar-refractivity contribution in [3.05, 3.63) is 59.2 Å². The molecule has 0 unspecified atom stereocenters. The van der Waals surface area contributed by atoms with E-state index in [1.807, 2.05) is 0 Å². The van der Waals surface area contributed by atoms with Gasteiger partial charge in [-0.15, -0.1) is 0 Å². The molecule has 1 N–H and O–H groups in total. The van der Waals surface area contributed by atoms with Gasteiger partial charge in [0.2, 0.25) is 0 Å². The van der Waals surface area contributed by atoms with Crippen molar-refractivity contribution in [2.75, 3.05) is 0 Å². The summed E-state index contributed by atoms with van der Waals surface area (Å²) in [7, 11) is 0. The Kier molecular flexibility index (Phi) is 3.06. The van der Waals surface area contributed by atoms with Gasteiger partial charge < -0.3 is 5.32 Å². The van der Waals surface area contributed by atoms with Gasteiger partial charge in [-0.2, -0.15) is 5.26 Å². The van der Waals surface area contributed by atoms with Gasteiger partial charge in [0.05, 0.1) is 12.5 Å². The van der Waals surface area contributed by atoms with Gasteiger partial charge >= 0.3 is 0 Å². The van der Waals surface area contributed by atoms with E-state index in [9.17, 15) is 0 Å². The fourth-order valence-electron chi connectivity index (χ4n) is 2.92. The number of nitrogens with one attached hydrogen (secondary N) is 1. The van der Waals surface area contributed by atoms with Crippen LogP contribution in [0, 0.1) is 18.3 Å². The van der Waals surface area contributed by atoms with E-state index in [0.717, 1.165) is 6.54 Å². The van der Waals surface area contributed by atoms with Gasteiger partial charge in [-0.05, 0) is 34.7 Å². The predicted molar refractivity (Wildman–Crippen MR) is 76.4 cm³/mol. The van der Waals surface area contributed by atoms with Gasteiger partial charge in [0.25, 0.3) is 0 Å². The average molecular weight is 248 g/mol. The minimum absolute atomic E-state index is 0.119. The van der Waals surface area contributed by atoms with E-state index in [4.69, 9.17) is 5.26 Å². The second-order valence-electron chi connectivity index (χ2n) is 4.99. The maximum atomic E-state index is 9.05. The van der Waals surface area contributed by atoms with Crippen LogP contribution in [0.1, 0.15) is 29.2 Å². The lowest BCUT2D eigenvalue weighted by Gasteiger charge is -2.18. The second kappa shape index (κ2) is 4.87. The highest BCUT2D eigenvalue weighted by Gasteiger charge is 2.22. The zero-order chi connectivity index (χ0) is 13.2. The van der Waals surface area contributed by atoms with E-state index in [1.54, 1.807) is 0 Å². The van der Waals surface area contributed by atoms with E-state index < -0.39 is 0 Å². The monoisotopic (exact) mass is 248 g/mol. The third-order valence-electron chi connectivity index (χ3n) is 3.81. The van der Waals surface area contributed by atoms with Crippen LogP contribution in [0.5, 0.6) is 0 Å². The molecule has 2 aromatic rings. The van der Waals surface area contributed by atoms with Gasteiger partial charge in [0, 0.05) is 12.6 Å². The van der Waals surface area contributed by atoms with Gasteiger partial charge in [0.15, 0.2) is 0 Å². The number of hydrogen-bond donors (Lipinski definition) is 1. The molecule has 1 aliphatic rings. The molecule has 0 radical (unpaired) electrons. The molecule has 0 saturated heterocycles. The molecule has 0 aromatic heterocycles. The molecule has 1 heterocycles. The number of fused-ring (bicyclic) bond motifs is 3. The van der Waals surface area contributed by atoms with Crippen LogP contribution in [0.3, 0.4) is 0 Å². The SMILES string of the molecule is Cc1cccc2c1[C@H](CC#N)NCc1ccccc1-2. The number of rotatable bonds is 1. The highest BCUT2D eigenvalue weighted by Crippen LogP contribution is 2.36. The van der Waals surface area contributed by atoms with E-state index in [0.29, 0.717) is 6.42 Å². The summed E-state index contributed by atoms with van der Waals surface area (Å²) in [5.41, 5.74) is 6.38. The number of nitrogens with zero attached hydrogens (tertiary/aromatic N) is 1. The molecule has 1 atom stereocenters. The summed E-state index contributed by atoms with van der Waals surface area (Å²) < 4.78 is 0. The van der Waals surface area contributed by atoms with Crippen molar-refractivity contribution in [2.45, 2.75) is 25.9 Å². The number of aryl methyl sites for hydroxylation is 1. The third-order valence-corrected chi connectivity index (χ3v) is 3.81. The van der Waals surface area contributed by atoms with Crippen LogP contribution in [-0.2, 0) is 6.54 Å². The zero-order valence-electron chi connectivity index (χ0n) is 11.0. The number of benzene rings is 2. The molecule has 2 aromatic carbocycles. The molecule has 3 rings (SSSR count). The van der Waals surface area contributed by atoms with Crippen LogP contribution in [0.25, 0.3) is 11.1 Å². The molecule has 1 aliphatic heterocycles. The summed E-state index contributed by atoms with van der Waals surface area (Å²) in [5, 5.41) is 12.6. The standard InChI is InChI=1S/C17H16N2/c1-12-5-4-8-15-14-7-3-2-6-13(14)11-19-16(9-10-18)17(12)15/h2-8,16,19H,9,11H2,1H3/t16-/m0/s1. The minimum atomic E-state index is 0.119. The number of nitriles is 1. The fourth-order valence-corrected chi connectivity index (χ4v) is 2.92. The Morgan fingerprint density at radius 2 is 1.95 bits per heavy atom. The average Bonchev–Trinajstić information content (AvgIpc) is 2.59. The first-order valence-corrected chi connectivity index (χ1v) is 6.59. The van der Waals surface area contributed by atoms with Crippen LogP contribution < -0.4 is 5.32 Å². The Bertz CT molecular complexity index is 653. The molecule has 19 heavy (non-hydrogen) atoms. The molecule has 0 bridgehead atoms. The first-order chi connectivity index (χ1) is 9.31. The van der Waals surface area contributed by atoms with Crippen molar-refractivity contribution in [2.24, 2.45) is 0 Å². The van der Waals surface area contributed by atoms with E-state index >= 15 is 0 Å². The van der Waals surface area contributed by atoms with Crippen molar-refractivity contribution in [3.8, 4) is 17.2 Å². The van der Waals surface area contributed by atoms with Crippen molar-refractivity contribution in [3.63, 3.8) is 0 Å². The van der Waals surface area contributed by atoms with Gasteiger partial charge in [-0.3, -0.25) is 0 Å². The molecule has 0 fully saturated rings. The third kappa shape index (κ3) is 2.03. The molecule has 0 aliphatic carbocycles. The Hall–Kier alpha value is -2.11. The Balaban J connectivity index is 2.25. The summed E-state index contributed by atoms with van der Waals surface area (Å²) in [6.07, 6.45) is 0.506. The van der Waals surface area contributed by atoms with Crippen molar-refractivity contribution < 1.29 is 0 Å². The van der Waals surface area contributed by atoms with E-state index in [-0.39, 0.29) is 6.04 Å². The molecule has 0 amide bonds. The Morgan fingerprint density at radius 1 is 1.16 bits per heavy atom. The van der Waals surface area contributed by atoms with Crippen LogP contribution in [0.4, 0.5) is 0 Å². The molecule has 0 saturated carbocycles. The fraction of sp³-hybridized carbons (Fsp3) is 0.235. The lowest BCUT2D eigenvalue weighted by atomic mass is 9.90. The largest absolute Gasteiger partial charge is 0.305 e. The smallest absolute Gasteiger partial charge is 0.0641 e. The van der Waals surface area contributed by atoms with Crippen molar-refractivity contribution in [1.82, 2.24) is 5.32 Å². The summed E-state index contributed by atoms with van der Waals surface area (Å²) in [6, 6.07) is 17.3. The highest BCUT2D eigenvalue weighted by atomic mass is 14.9. The Morgan fingerprint density at radius 3 is 2.79 bits per heavy atom. The first-order valence-electron chi connectivity index (χ1n) is 6.59. The molecule has 2 heteroatoms. The van der Waals surface area contributed by atoms with Gasteiger partial charge in [0.1, 0.15) is 0 Å². The summed E-state index contributed by atoms with van der Waals surface area (Å²) in [5.74, 6) is 0. The van der Waals surface area contributed by atoms with Crippen molar-refractivity contribution >= 4 is 0 Å². The highest BCUT2D eigenvalue weighted by molar-refractivity contribution is 5.73. The quantitative estimate of drug-likeness (QED) is 0.835. The first kappa shape index (κ1) is 12.0. The lowest BCUT2D eigenvalue weighted by Crippen LogP contribution is -2.19. The summed E-state index contributed by atoms with van der Waals surface area (Å²) in [6.45, 7) is 2.94. The second-order valence-corrected chi connectivity index (χ2v) is 4.99. The van der Waals surface area contributed by atoms with Crippen LogP contribution in [-0.4, -0.2) is 0 Å². The van der Waals surface area contributed by atoms with E-state index in [2.05, 4.69) is 60.8 Å². The summed E-state index contributed by atoms with van der Waals surface area (Å²) >= 11 is 0. The molecule has 2 nitrogen and oxygen atoms in total. The van der Waals surface area contributed by atoms with Crippen LogP contribution in [0.2, 0.25) is 0 Å². The van der Waals surface area contributed by atoms with E-state index in [1.165, 1.54) is 27.8 Å².